The smallest absolute Gasteiger partial charge is 0.290 e. The van der Waals surface area contributed by atoms with E-state index < -0.39 is 0 Å². The number of hydrogen-bond acceptors (Lipinski definition) is 6. The van der Waals surface area contributed by atoms with Crippen molar-refractivity contribution < 1.29 is 4.74 Å². The quantitative estimate of drug-likeness (QED) is 0.348. The second-order valence-corrected chi connectivity index (χ2v) is 8.63. The number of fused-ring (bicyclic) bond motifs is 1. The lowest BCUT2D eigenvalue weighted by Gasteiger charge is -2.07. The van der Waals surface area contributed by atoms with Gasteiger partial charge in [-0.05, 0) is 53.6 Å². The van der Waals surface area contributed by atoms with Crippen molar-refractivity contribution in [2.75, 3.05) is 0 Å². The van der Waals surface area contributed by atoms with Crippen molar-refractivity contribution in [3.05, 3.63) is 106 Å². The van der Waals surface area contributed by atoms with E-state index in [-0.39, 0.29) is 5.56 Å². The highest BCUT2D eigenvalue weighted by molar-refractivity contribution is 7.22. The van der Waals surface area contributed by atoms with E-state index in [4.69, 9.17) is 16.3 Å². The first-order valence-corrected chi connectivity index (χ1v) is 11.1. The third-order valence-corrected chi connectivity index (χ3v) is 6.35. The highest BCUT2D eigenvalue weighted by Gasteiger charge is 2.12. The van der Waals surface area contributed by atoms with Crippen molar-refractivity contribution in [1.29, 1.82) is 0 Å². The molecule has 5 rings (SSSR count). The molecule has 0 bridgehead atoms. The van der Waals surface area contributed by atoms with Crippen LogP contribution in [0.1, 0.15) is 11.3 Å². The Hall–Kier alpha value is -3.55. The summed E-state index contributed by atoms with van der Waals surface area (Å²) in [5.41, 5.74) is 3.51. The Morgan fingerprint density at radius 3 is 2.56 bits per heavy atom. The van der Waals surface area contributed by atoms with Crippen LogP contribution < -0.4 is 10.3 Å². The van der Waals surface area contributed by atoms with E-state index in [1.807, 2.05) is 59.2 Å². The minimum atomic E-state index is -0.215. The summed E-state index contributed by atoms with van der Waals surface area (Å²) in [7, 11) is 0. The van der Waals surface area contributed by atoms with Crippen LogP contribution in [0.5, 0.6) is 5.75 Å². The highest BCUT2D eigenvalue weighted by atomic mass is 35.5. The topological polar surface area (TPSA) is 69.9 Å². The summed E-state index contributed by atoms with van der Waals surface area (Å²) in [5.74, 6) is 0.740. The molecule has 0 aliphatic carbocycles. The molecule has 0 fully saturated rings. The molecule has 0 atom stereocenters. The first-order valence-electron chi connectivity index (χ1n) is 9.87. The maximum atomic E-state index is 12.4. The normalized spacial score (nSPS) is 11.0. The minimum absolute atomic E-state index is 0.215. The lowest BCUT2D eigenvalue weighted by molar-refractivity contribution is 0.301. The van der Waals surface area contributed by atoms with Gasteiger partial charge in [-0.2, -0.15) is 4.98 Å². The van der Waals surface area contributed by atoms with E-state index in [0.717, 1.165) is 33.0 Å². The van der Waals surface area contributed by atoms with Crippen LogP contribution in [0.4, 0.5) is 0 Å². The summed E-state index contributed by atoms with van der Waals surface area (Å²) in [4.78, 5) is 25.7. The molecule has 32 heavy (non-hydrogen) atoms. The fourth-order valence-corrected chi connectivity index (χ4v) is 4.51. The lowest BCUT2D eigenvalue weighted by Crippen LogP contribution is -2.11. The average Bonchev–Trinajstić information content (AvgIpc) is 3.29. The molecule has 3 aromatic heterocycles. The molecule has 0 saturated carbocycles. The van der Waals surface area contributed by atoms with Crippen LogP contribution in [0.2, 0.25) is 5.02 Å². The number of thiophene rings is 1. The van der Waals surface area contributed by atoms with Crippen molar-refractivity contribution in [2.45, 2.75) is 13.2 Å². The number of ether oxygens (including phenoxy) is 1. The van der Waals surface area contributed by atoms with Gasteiger partial charge in [-0.3, -0.25) is 14.8 Å². The predicted molar refractivity (Wildman–Crippen MR) is 126 cm³/mol. The van der Waals surface area contributed by atoms with Crippen molar-refractivity contribution in [3.8, 4) is 16.2 Å². The van der Waals surface area contributed by atoms with E-state index in [1.165, 1.54) is 11.3 Å². The largest absolute Gasteiger partial charge is 0.487 e. The Morgan fingerprint density at radius 1 is 1.00 bits per heavy atom. The summed E-state index contributed by atoms with van der Waals surface area (Å²) < 4.78 is 8.41. The van der Waals surface area contributed by atoms with Gasteiger partial charge in [0, 0.05) is 28.8 Å². The standard InChI is InChI=1S/C24H17ClN4O2S/c25-18-5-1-16(2-6-18)13-29-15-28-24(30)23-21(29)11-22(32-23)17-3-7-20(8-4-17)31-14-19-12-26-9-10-27-19/h1-12,15H,13-14H2. The molecule has 0 spiro atoms. The van der Waals surface area contributed by atoms with Crippen LogP contribution in [0, 0.1) is 0 Å². The molecule has 0 saturated heterocycles. The predicted octanol–water partition coefficient (Wildman–Crippen LogP) is 5.20. The Kier molecular flexibility index (Phi) is 5.66. The maximum Gasteiger partial charge on any atom is 0.290 e. The number of rotatable bonds is 6. The zero-order valence-electron chi connectivity index (χ0n) is 16.8. The Morgan fingerprint density at radius 2 is 1.81 bits per heavy atom. The molecule has 0 unspecified atom stereocenters. The molecule has 0 aliphatic heterocycles. The van der Waals surface area contributed by atoms with E-state index >= 15 is 0 Å². The SMILES string of the molecule is O=c1ncn(Cc2ccc(Cl)cc2)c2cc(-c3ccc(OCc4cnccn4)cc3)sc12. The molecule has 8 heteroatoms. The molecule has 6 nitrogen and oxygen atoms in total. The van der Waals surface area contributed by atoms with Crippen molar-refractivity contribution in [1.82, 2.24) is 19.5 Å². The van der Waals surface area contributed by atoms with Gasteiger partial charge in [-0.15, -0.1) is 11.3 Å². The van der Waals surface area contributed by atoms with Gasteiger partial charge in [0.05, 0.1) is 23.7 Å². The molecule has 5 aromatic rings. The molecular formula is C24H17ClN4O2S. The van der Waals surface area contributed by atoms with Gasteiger partial charge in [0.1, 0.15) is 17.1 Å². The van der Waals surface area contributed by atoms with Gasteiger partial charge in [0.25, 0.3) is 5.56 Å². The van der Waals surface area contributed by atoms with Crippen LogP contribution in [0.3, 0.4) is 0 Å². The van der Waals surface area contributed by atoms with E-state index in [9.17, 15) is 4.79 Å². The van der Waals surface area contributed by atoms with E-state index in [0.29, 0.717) is 22.9 Å². The third kappa shape index (κ3) is 4.39. The number of benzene rings is 2. The minimum Gasteiger partial charge on any atom is -0.487 e. The van der Waals surface area contributed by atoms with Crippen molar-refractivity contribution >= 4 is 33.2 Å². The van der Waals surface area contributed by atoms with Crippen LogP contribution in [0.15, 0.2) is 84.3 Å². The first-order chi connectivity index (χ1) is 15.7. The number of nitrogens with zero attached hydrogens (tertiary/aromatic N) is 4. The fraction of sp³-hybridized carbons (Fsp3) is 0.0833. The molecule has 0 N–H and O–H groups in total. The lowest BCUT2D eigenvalue weighted by atomic mass is 10.2. The average molecular weight is 461 g/mol. The van der Waals surface area contributed by atoms with Gasteiger partial charge in [0.15, 0.2) is 0 Å². The molecule has 3 heterocycles. The molecular weight excluding hydrogens is 444 g/mol. The zero-order chi connectivity index (χ0) is 21.9. The van der Waals surface area contributed by atoms with Crippen LogP contribution in [-0.4, -0.2) is 19.5 Å². The van der Waals surface area contributed by atoms with Gasteiger partial charge in [-0.25, -0.2) is 0 Å². The molecule has 0 aliphatic rings. The fourth-order valence-electron chi connectivity index (χ4n) is 3.32. The summed E-state index contributed by atoms with van der Waals surface area (Å²) in [6.45, 7) is 0.957. The van der Waals surface area contributed by atoms with Gasteiger partial charge in [-0.1, -0.05) is 23.7 Å². The van der Waals surface area contributed by atoms with Gasteiger partial charge in [0.2, 0.25) is 0 Å². The Bertz CT molecular complexity index is 1420. The Balaban J connectivity index is 1.40. The van der Waals surface area contributed by atoms with E-state index in [1.54, 1.807) is 24.9 Å². The maximum absolute atomic E-state index is 12.4. The second kappa shape index (κ2) is 8.90. The zero-order valence-corrected chi connectivity index (χ0v) is 18.4. The monoisotopic (exact) mass is 460 g/mol. The van der Waals surface area contributed by atoms with E-state index in [2.05, 4.69) is 15.0 Å². The third-order valence-electron chi connectivity index (χ3n) is 4.94. The molecule has 2 aromatic carbocycles. The Labute approximate surface area is 192 Å². The van der Waals surface area contributed by atoms with Gasteiger partial charge < -0.3 is 9.30 Å². The molecule has 0 amide bonds. The summed E-state index contributed by atoms with van der Waals surface area (Å²) in [5, 5.41) is 0.693. The van der Waals surface area contributed by atoms with Crippen molar-refractivity contribution in [3.63, 3.8) is 0 Å². The van der Waals surface area contributed by atoms with Crippen molar-refractivity contribution in [2.24, 2.45) is 0 Å². The second-order valence-electron chi connectivity index (χ2n) is 7.14. The number of aromatic nitrogens is 4. The van der Waals surface area contributed by atoms with Gasteiger partial charge >= 0.3 is 0 Å². The summed E-state index contributed by atoms with van der Waals surface area (Å²) >= 11 is 7.43. The summed E-state index contributed by atoms with van der Waals surface area (Å²) in [6, 6.07) is 17.5. The summed E-state index contributed by atoms with van der Waals surface area (Å²) in [6.07, 6.45) is 6.55. The van der Waals surface area contributed by atoms with Crippen LogP contribution in [-0.2, 0) is 13.2 Å². The van der Waals surface area contributed by atoms with Crippen LogP contribution in [0.25, 0.3) is 20.7 Å². The molecule has 0 radical (unpaired) electrons. The number of hydrogen-bond donors (Lipinski definition) is 0. The molecule has 158 valence electrons. The van der Waals surface area contributed by atoms with Crippen LogP contribution >= 0.6 is 22.9 Å². The first kappa shape index (κ1) is 20.4. The number of halogens is 1. The highest BCUT2D eigenvalue weighted by Crippen LogP contribution is 2.32.